The molecule has 0 aliphatic carbocycles. The molecule has 2 aliphatic rings. The molecule has 2 fully saturated rings. The lowest BCUT2D eigenvalue weighted by Gasteiger charge is -2.54. The molecule has 0 saturated carbocycles. The highest BCUT2D eigenvalue weighted by molar-refractivity contribution is 5.64. The smallest absolute Gasteiger partial charge is 0.165 e. The Balaban J connectivity index is 1.41. The van der Waals surface area contributed by atoms with E-state index in [9.17, 15) is 0 Å². The van der Waals surface area contributed by atoms with Crippen LogP contribution in [-0.4, -0.2) is 65.2 Å². The van der Waals surface area contributed by atoms with Gasteiger partial charge in [-0.3, -0.25) is 4.98 Å². The van der Waals surface area contributed by atoms with E-state index < -0.39 is 0 Å². The highest BCUT2D eigenvalue weighted by Gasteiger charge is 2.45. The number of methoxy groups -OCH3 is 1. The molecule has 3 aromatic rings. The standard InChI is InChI=1S/C23H27N7O/c1-29-10-7-23(8-11-29)15-30(16-23)21-12-20(26-19-6-5-18(31-2)14-25-19)27-22(28-21)17-4-3-9-24-13-17/h3-6,9,12-14H,7-8,10-11,15-16H2,1-2H3,(H,25,26,27,28). The highest BCUT2D eigenvalue weighted by atomic mass is 16.5. The normalized spacial score (nSPS) is 17.9. The van der Waals surface area contributed by atoms with Crippen molar-refractivity contribution < 1.29 is 4.74 Å². The number of anilines is 3. The Morgan fingerprint density at radius 1 is 1.03 bits per heavy atom. The minimum atomic E-state index is 0.428. The quantitative estimate of drug-likeness (QED) is 0.678. The average Bonchev–Trinajstić information content (AvgIpc) is 2.79. The topological polar surface area (TPSA) is 79.3 Å². The Hall–Kier alpha value is -3.26. The zero-order valence-corrected chi connectivity index (χ0v) is 18.0. The van der Waals surface area contributed by atoms with Gasteiger partial charge in [0.05, 0.1) is 13.3 Å². The Kier molecular flexibility index (Phi) is 5.15. The van der Waals surface area contributed by atoms with Crippen molar-refractivity contribution in [2.45, 2.75) is 12.8 Å². The van der Waals surface area contributed by atoms with Gasteiger partial charge in [0.15, 0.2) is 5.82 Å². The predicted molar refractivity (Wildman–Crippen MR) is 121 cm³/mol. The van der Waals surface area contributed by atoms with Crippen molar-refractivity contribution in [2.24, 2.45) is 5.41 Å². The molecule has 1 N–H and O–H groups in total. The van der Waals surface area contributed by atoms with E-state index in [4.69, 9.17) is 14.7 Å². The molecule has 0 radical (unpaired) electrons. The van der Waals surface area contributed by atoms with Crippen LogP contribution in [0.4, 0.5) is 17.5 Å². The SMILES string of the molecule is COc1ccc(Nc2cc(N3CC4(CCN(C)CC4)C3)nc(-c3cccnc3)n2)nc1. The number of pyridine rings is 2. The summed E-state index contributed by atoms with van der Waals surface area (Å²) in [5, 5.41) is 3.31. The molecule has 1 spiro atoms. The van der Waals surface area contributed by atoms with E-state index in [0.29, 0.717) is 28.6 Å². The maximum absolute atomic E-state index is 5.20. The summed E-state index contributed by atoms with van der Waals surface area (Å²) in [6.07, 6.45) is 7.74. The fourth-order valence-electron chi connectivity index (χ4n) is 4.33. The van der Waals surface area contributed by atoms with Crippen LogP contribution >= 0.6 is 0 Å². The van der Waals surface area contributed by atoms with Gasteiger partial charge < -0.3 is 19.9 Å². The van der Waals surface area contributed by atoms with Gasteiger partial charge in [0.1, 0.15) is 23.2 Å². The molecule has 0 aromatic carbocycles. The summed E-state index contributed by atoms with van der Waals surface area (Å²) >= 11 is 0. The van der Waals surface area contributed by atoms with Crippen LogP contribution in [0.1, 0.15) is 12.8 Å². The number of hydrogen-bond acceptors (Lipinski definition) is 8. The van der Waals surface area contributed by atoms with Crippen LogP contribution < -0.4 is 15.0 Å². The molecule has 5 rings (SSSR count). The number of aromatic nitrogens is 4. The van der Waals surface area contributed by atoms with E-state index in [1.807, 2.05) is 30.3 Å². The van der Waals surface area contributed by atoms with Crippen molar-refractivity contribution in [3.8, 4) is 17.1 Å². The molecule has 31 heavy (non-hydrogen) atoms. The third-order valence-corrected chi connectivity index (χ3v) is 6.28. The highest BCUT2D eigenvalue weighted by Crippen LogP contribution is 2.42. The second kappa shape index (κ2) is 8.11. The van der Waals surface area contributed by atoms with Crippen LogP contribution in [0, 0.1) is 5.41 Å². The van der Waals surface area contributed by atoms with Crippen molar-refractivity contribution in [3.05, 3.63) is 48.9 Å². The molecular weight excluding hydrogens is 390 g/mol. The lowest BCUT2D eigenvalue weighted by Crippen LogP contribution is -2.60. The Morgan fingerprint density at radius 2 is 1.87 bits per heavy atom. The van der Waals surface area contributed by atoms with Gasteiger partial charge in [-0.2, -0.15) is 0 Å². The molecule has 0 unspecified atom stereocenters. The fourth-order valence-corrected chi connectivity index (χ4v) is 4.33. The third-order valence-electron chi connectivity index (χ3n) is 6.28. The molecular formula is C23H27N7O. The number of nitrogens with zero attached hydrogens (tertiary/aromatic N) is 6. The Labute approximate surface area is 182 Å². The summed E-state index contributed by atoms with van der Waals surface area (Å²) in [6.45, 7) is 4.44. The number of rotatable bonds is 5. The van der Waals surface area contributed by atoms with Crippen LogP contribution in [0.5, 0.6) is 5.75 Å². The van der Waals surface area contributed by atoms with Gasteiger partial charge in [0.25, 0.3) is 0 Å². The Morgan fingerprint density at radius 3 is 2.55 bits per heavy atom. The summed E-state index contributed by atoms with van der Waals surface area (Å²) in [4.78, 5) is 23.0. The van der Waals surface area contributed by atoms with Crippen molar-refractivity contribution >= 4 is 17.5 Å². The van der Waals surface area contributed by atoms with Crippen molar-refractivity contribution in [2.75, 3.05) is 50.6 Å². The molecule has 2 aliphatic heterocycles. The van der Waals surface area contributed by atoms with Crippen LogP contribution in [0.15, 0.2) is 48.9 Å². The summed E-state index contributed by atoms with van der Waals surface area (Å²) < 4.78 is 5.20. The number of nitrogens with one attached hydrogen (secondary N) is 1. The van der Waals surface area contributed by atoms with Gasteiger partial charge in [0.2, 0.25) is 0 Å². The van der Waals surface area contributed by atoms with Crippen LogP contribution in [0.25, 0.3) is 11.4 Å². The second-order valence-corrected chi connectivity index (χ2v) is 8.54. The average molecular weight is 418 g/mol. The van der Waals surface area contributed by atoms with Gasteiger partial charge in [-0.05, 0) is 57.2 Å². The third kappa shape index (κ3) is 4.16. The first-order valence-corrected chi connectivity index (χ1v) is 10.6. The van der Waals surface area contributed by atoms with Gasteiger partial charge in [-0.25, -0.2) is 15.0 Å². The number of ether oxygens (including phenoxy) is 1. The van der Waals surface area contributed by atoms with Gasteiger partial charge in [0, 0.05) is 42.5 Å². The first-order valence-electron chi connectivity index (χ1n) is 10.6. The molecule has 3 aromatic heterocycles. The van der Waals surface area contributed by atoms with Crippen LogP contribution in [0.2, 0.25) is 0 Å². The minimum absolute atomic E-state index is 0.428. The monoisotopic (exact) mass is 417 g/mol. The molecule has 160 valence electrons. The van der Waals surface area contributed by atoms with E-state index in [2.05, 4.69) is 32.1 Å². The van der Waals surface area contributed by atoms with Crippen molar-refractivity contribution in [1.29, 1.82) is 0 Å². The molecule has 0 bridgehead atoms. The molecule has 2 saturated heterocycles. The van der Waals surface area contributed by atoms with Gasteiger partial charge >= 0.3 is 0 Å². The lowest BCUT2D eigenvalue weighted by molar-refractivity contribution is 0.0901. The van der Waals surface area contributed by atoms with Gasteiger partial charge in [-0.1, -0.05) is 0 Å². The maximum Gasteiger partial charge on any atom is 0.165 e. The molecule has 8 heteroatoms. The predicted octanol–water partition coefficient (Wildman–Crippen LogP) is 3.22. The van der Waals surface area contributed by atoms with E-state index in [1.165, 1.54) is 25.9 Å². The lowest BCUT2D eigenvalue weighted by atomic mass is 9.72. The largest absolute Gasteiger partial charge is 0.495 e. The summed E-state index contributed by atoms with van der Waals surface area (Å²) in [7, 11) is 3.84. The molecule has 8 nitrogen and oxygen atoms in total. The fraction of sp³-hybridized carbons (Fsp3) is 0.391. The van der Waals surface area contributed by atoms with Crippen molar-refractivity contribution in [3.63, 3.8) is 0 Å². The van der Waals surface area contributed by atoms with Gasteiger partial charge in [-0.15, -0.1) is 0 Å². The summed E-state index contributed by atoms with van der Waals surface area (Å²) in [6, 6.07) is 9.64. The number of hydrogen-bond donors (Lipinski definition) is 1. The van der Waals surface area contributed by atoms with Crippen molar-refractivity contribution in [1.82, 2.24) is 24.8 Å². The molecule has 0 amide bonds. The Bertz CT molecular complexity index is 1030. The zero-order valence-electron chi connectivity index (χ0n) is 18.0. The zero-order chi connectivity index (χ0) is 21.3. The maximum atomic E-state index is 5.20. The second-order valence-electron chi connectivity index (χ2n) is 8.54. The van der Waals surface area contributed by atoms with E-state index in [1.54, 1.807) is 25.7 Å². The molecule has 0 atom stereocenters. The first kappa shape index (κ1) is 19.7. The van der Waals surface area contributed by atoms with E-state index in [0.717, 1.165) is 24.5 Å². The summed E-state index contributed by atoms with van der Waals surface area (Å²) in [5.74, 6) is 3.73. The van der Waals surface area contributed by atoms with Crippen LogP contribution in [-0.2, 0) is 0 Å². The number of piperidine rings is 1. The number of likely N-dealkylation sites (tertiary alicyclic amines) is 1. The van der Waals surface area contributed by atoms with Crippen LogP contribution in [0.3, 0.4) is 0 Å². The molecule has 5 heterocycles. The van der Waals surface area contributed by atoms with E-state index >= 15 is 0 Å². The first-order chi connectivity index (χ1) is 15.1. The summed E-state index contributed by atoms with van der Waals surface area (Å²) in [5.41, 5.74) is 1.32. The minimum Gasteiger partial charge on any atom is -0.495 e. The van der Waals surface area contributed by atoms with E-state index in [-0.39, 0.29) is 0 Å².